The van der Waals surface area contributed by atoms with Crippen LogP contribution < -0.4 is 4.90 Å². The van der Waals surface area contributed by atoms with Gasteiger partial charge in [0.2, 0.25) is 5.91 Å². The van der Waals surface area contributed by atoms with Crippen LogP contribution >= 0.6 is 0 Å². The summed E-state index contributed by atoms with van der Waals surface area (Å²) in [5.74, 6) is -0.0811. The zero-order valence-electron chi connectivity index (χ0n) is 13.7. The second-order valence-corrected chi connectivity index (χ2v) is 5.61. The van der Waals surface area contributed by atoms with Gasteiger partial charge < -0.3 is 9.80 Å². The van der Waals surface area contributed by atoms with E-state index in [1.54, 1.807) is 4.90 Å². The molecule has 0 fully saturated rings. The molecule has 0 spiro atoms. The minimum atomic E-state index is -0.139. The van der Waals surface area contributed by atoms with E-state index in [9.17, 15) is 4.79 Å². The first-order valence-corrected chi connectivity index (χ1v) is 7.34. The summed E-state index contributed by atoms with van der Waals surface area (Å²) in [6.07, 6.45) is 0. The topological polar surface area (TPSA) is 47.3 Å². The van der Waals surface area contributed by atoms with Crippen molar-refractivity contribution in [2.24, 2.45) is 5.92 Å². The molecule has 4 nitrogen and oxygen atoms in total. The van der Waals surface area contributed by atoms with Crippen LogP contribution in [0.4, 0.5) is 5.69 Å². The summed E-state index contributed by atoms with van der Waals surface area (Å²) >= 11 is 0. The van der Waals surface area contributed by atoms with Crippen molar-refractivity contribution in [3.05, 3.63) is 29.3 Å². The second kappa shape index (κ2) is 7.68. The molecule has 1 atom stereocenters. The van der Waals surface area contributed by atoms with E-state index in [1.165, 1.54) is 11.1 Å². The van der Waals surface area contributed by atoms with Crippen LogP contribution in [0.2, 0.25) is 0 Å². The van der Waals surface area contributed by atoms with E-state index in [0.717, 1.165) is 5.69 Å². The Bertz CT molecular complexity index is 533. The molecule has 0 saturated carbocycles. The Labute approximate surface area is 128 Å². The molecule has 4 heteroatoms. The van der Waals surface area contributed by atoms with Crippen molar-refractivity contribution in [2.45, 2.75) is 27.7 Å². The highest BCUT2D eigenvalue weighted by Crippen LogP contribution is 2.19. The van der Waals surface area contributed by atoms with Gasteiger partial charge in [-0.25, -0.2) is 0 Å². The molecule has 21 heavy (non-hydrogen) atoms. The Kier molecular flexibility index (Phi) is 6.23. The maximum atomic E-state index is 12.4. The van der Waals surface area contributed by atoms with Gasteiger partial charge in [0.25, 0.3) is 0 Å². The number of carbonyl (C=O) groups is 1. The number of amides is 1. The molecule has 1 aromatic rings. The average molecular weight is 287 g/mol. The van der Waals surface area contributed by atoms with Gasteiger partial charge in [0.05, 0.1) is 18.5 Å². The van der Waals surface area contributed by atoms with Crippen LogP contribution in [-0.2, 0) is 4.79 Å². The fraction of sp³-hybridized carbons (Fsp3) is 0.529. The van der Waals surface area contributed by atoms with Crippen molar-refractivity contribution >= 4 is 11.6 Å². The van der Waals surface area contributed by atoms with Crippen LogP contribution in [-0.4, -0.2) is 37.5 Å². The number of nitrogens with zero attached hydrogens (tertiary/aromatic N) is 3. The third-order valence-corrected chi connectivity index (χ3v) is 3.59. The fourth-order valence-electron chi connectivity index (χ4n) is 2.40. The molecule has 0 bridgehead atoms. The lowest BCUT2D eigenvalue weighted by atomic mass is 10.1. The second-order valence-electron chi connectivity index (χ2n) is 5.61. The summed E-state index contributed by atoms with van der Waals surface area (Å²) < 4.78 is 0. The Hall–Kier alpha value is -2.02. The monoisotopic (exact) mass is 287 g/mol. The number of likely N-dealkylation sites (N-methyl/N-ethyl adjacent to an activating group) is 2. The first-order chi connectivity index (χ1) is 9.88. The summed E-state index contributed by atoms with van der Waals surface area (Å²) in [4.78, 5) is 16.1. The zero-order valence-corrected chi connectivity index (χ0v) is 13.7. The molecular formula is C17H25N3O. The van der Waals surface area contributed by atoms with Gasteiger partial charge in [-0.05, 0) is 39.3 Å². The number of benzene rings is 1. The van der Waals surface area contributed by atoms with E-state index in [4.69, 9.17) is 5.26 Å². The predicted octanol–water partition coefficient (Wildman–Crippen LogP) is 2.75. The van der Waals surface area contributed by atoms with Gasteiger partial charge >= 0.3 is 0 Å². The first-order valence-electron chi connectivity index (χ1n) is 7.34. The van der Waals surface area contributed by atoms with E-state index >= 15 is 0 Å². The van der Waals surface area contributed by atoms with Crippen LogP contribution in [0.5, 0.6) is 0 Å². The van der Waals surface area contributed by atoms with Crippen molar-refractivity contribution in [3.8, 4) is 6.07 Å². The van der Waals surface area contributed by atoms with Crippen molar-refractivity contribution in [1.82, 2.24) is 4.90 Å². The maximum Gasteiger partial charge on any atom is 0.242 e. The van der Waals surface area contributed by atoms with Gasteiger partial charge in [0.15, 0.2) is 0 Å². The van der Waals surface area contributed by atoms with E-state index in [1.807, 2.05) is 31.9 Å². The minimum absolute atomic E-state index is 0.0575. The number of nitriles is 1. The third-order valence-electron chi connectivity index (χ3n) is 3.59. The Morgan fingerprint density at radius 3 is 2.57 bits per heavy atom. The molecule has 1 rings (SSSR count). The highest BCUT2D eigenvalue weighted by molar-refractivity contribution is 5.81. The third kappa shape index (κ3) is 4.78. The smallest absolute Gasteiger partial charge is 0.242 e. The first kappa shape index (κ1) is 17.0. The molecule has 0 aliphatic carbocycles. The fourth-order valence-corrected chi connectivity index (χ4v) is 2.40. The Morgan fingerprint density at radius 2 is 2.05 bits per heavy atom. The molecule has 0 saturated heterocycles. The molecule has 0 aliphatic heterocycles. The summed E-state index contributed by atoms with van der Waals surface area (Å²) in [5, 5.41) is 8.88. The molecule has 1 unspecified atom stereocenters. The van der Waals surface area contributed by atoms with E-state index in [-0.39, 0.29) is 11.8 Å². The molecule has 114 valence electrons. The summed E-state index contributed by atoms with van der Waals surface area (Å²) in [5.41, 5.74) is 3.45. The normalized spacial score (nSPS) is 11.6. The maximum absolute atomic E-state index is 12.4. The predicted molar refractivity (Wildman–Crippen MR) is 86.2 cm³/mol. The van der Waals surface area contributed by atoms with Gasteiger partial charge in [-0.2, -0.15) is 5.26 Å². The molecule has 0 heterocycles. The van der Waals surface area contributed by atoms with E-state index in [2.05, 4.69) is 32.0 Å². The number of carbonyl (C=O) groups excluding carboxylic acids is 1. The molecule has 0 aliphatic rings. The lowest BCUT2D eigenvalue weighted by Crippen LogP contribution is -2.41. The Balaban J connectivity index is 2.74. The number of aryl methyl sites for hydroxylation is 2. The van der Waals surface area contributed by atoms with Crippen LogP contribution in [0.15, 0.2) is 18.2 Å². The molecule has 0 radical (unpaired) electrons. The molecule has 1 aromatic carbocycles. The largest absolute Gasteiger partial charge is 0.365 e. The molecule has 0 aromatic heterocycles. The van der Waals surface area contributed by atoms with E-state index < -0.39 is 0 Å². The van der Waals surface area contributed by atoms with Crippen LogP contribution in [0.3, 0.4) is 0 Å². The van der Waals surface area contributed by atoms with Crippen molar-refractivity contribution < 1.29 is 4.79 Å². The lowest BCUT2D eigenvalue weighted by molar-refractivity contribution is -0.129. The average Bonchev–Trinajstić information content (AvgIpc) is 2.43. The van der Waals surface area contributed by atoms with Crippen molar-refractivity contribution in [2.75, 3.05) is 31.6 Å². The van der Waals surface area contributed by atoms with Gasteiger partial charge in [0, 0.05) is 25.8 Å². The zero-order chi connectivity index (χ0) is 16.0. The van der Waals surface area contributed by atoms with Crippen LogP contribution in [0.25, 0.3) is 0 Å². The van der Waals surface area contributed by atoms with Crippen molar-refractivity contribution in [1.29, 1.82) is 5.26 Å². The van der Waals surface area contributed by atoms with Crippen LogP contribution in [0, 0.1) is 31.1 Å². The minimum Gasteiger partial charge on any atom is -0.365 e. The SMILES string of the molecule is CCN(CC(C)C#N)C(=O)CN(C)c1ccc(C)cc1C. The van der Waals surface area contributed by atoms with Gasteiger partial charge in [0.1, 0.15) is 0 Å². The number of hydrogen-bond donors (Lipinski definition) is 0. The summed E-state index contributed by atoms with van der Waals surface area (Å²) in [7, 11) is 1.93. The quantitative estimate of drug-likeness (QED) is 0.808. The number of rotatable bonds is 6. The van der Waals surface area contributed by atoms with Gasteiger partial charge in [-0.1, -0.05) is 17.7 Å². The molecule has 0 N–H and O–H groups in total. The van der Waals surface area contributed by atoms with Gasteiger partial charge in [-0.3, -0.25) is 4.79 Å². The summed E-state index contributed by atoms with van der Waals surface area (Å²) in [6, 6.07) is 8.40. The standard InChI is InChI=1S/C17H25N3O/c1-6-20(11-14(3)10-18)17(21)12-19(5)16-8-7-13(2)9-15(16)4/h7-9,14H,6,11-12H2,1-5H3. The number of hydrogen-bond acceptors (Lipinski definition) is 3. The van der Waals surface area contributed by atoms with E-state index in [0.29, 0.717) is 19.6 Å². The lowest BCUT2D eigenvalue weighted by Gasteiger charge is -2.27. The number of anilines is 1. The molecular weight excluding hydrogens is 262 g/mol. The van der Waals surface area contributed by atoms with Crippen molar-refractivity contribution in [3.63, 3.8) is 0 Å². The highest BCUT2D eigenvalue weighted by Gasteiger charge is 2.17. The van der Waals surface area contributed by atoms with Crippen LogP contribution in [0.1, 0.15) is 25.0 Å². The highest BCUT2D eigenvalue weighted by atomic mass is 16.2. The Morgan fingerprint density at radius 1 is 1.38 bits per heavy atom. The van der Waals surface area contributed by atoms with Gasteiger partial charge in [-0.15, -0.1) is 0 Å². The molecule has 1 amide bonds. The summed E-state index contributed by atoms with van der Waals surface area (Å²) in [6.45, 7) is 9.35.